The third-order valence-electron chi connectivity index (χ3n) is 4.88. The molecule has 0 saturated carbocycles. The van der Waals surface area contributed by atoms with Crippen LogP contribution in [-0.2, 0) is 0 Å². The largest absolute Gasteiger partial charge is 0.465 e. The Kier molecular flexibility index (Phi) is 8.92. The second kappa shape index (κ2) is 10.7. The Balaban J connectivity index is 0.00000225. The summed E-state index contributed by atoms with van der Waals surface area (Å²) in [5, 5.41) is 7.72. The van der Waals surface area contributed by atoms with Crippen molar-refractivity contribution in [3.8, 4) is 0 Å². The lowest BCUT2D eigenvalue weighted by Crippen LogP contribution is -2.44. The molecule has 2 aliphatic heterocycles. The van der Waals surface area contributed by atoms with Crippen LogP contribution in [0.1, 0.15) is 43.2 Å². The molecule has 1 aromatic rings. The van der Waals surface area contributed by atoms with Gasteiger partial charge in [-0.1, -0.05) is 0 Å². The number of guanidine groups is 1. The number of likely N-dealkylation sites (tertiary alicyclic amines) is 1. The molecule has 0 amide bonds. The molecular formula is C18H31IN4OS. The van der Waals surface area contributed by atoms with Gasteiger partial charge in [0.15, 0.2) is 5.96 Å². The molecule has 0 aliphatic carbocycles. The fraction of sp³-hybridized carbons (Fsp3) is 0.722. The Morgan fingerprint density at radius 1 is 1.32 bits per heavy atom. The average Bonchev–Trinajstić information content (AvgIpc) is 3.33. The number of hydrogen-bond donors (Lipinski definition) is 2. The van der Waals surface area contributed by atoms with Crippen molar-refractivity contribution in [2.24, 2.45) is 4.99 Å². The summed E-state index contributed by atoms with van der Waals surface area (Å²) < 4.78 is 5.92. The van der Waals surface area contributed by atoms with Gasteiger partial charge in [-0.2, -0.15) is 11.8 Å². The van der Waals surface area contributed by atoms with E-state index in [1.807, 2.05) is 14.0 Å². The summed E-state index contributed by atoms with van der Waals surface area (Å²) in [5.41, 5.74) is 0. The monoisotopic (exact) mass is 478 g/mol. The summed E-state index contributed by atoms with van der Waals surface area (Å²) in [5.74, 6) is 4.24. The average molecular weight is 478 g/mol. The van der Waals surface area contributed by atoms with Crippen molar-refractivity contribution in [3.63, 3.8) is 0 Å². The van der Waals surface area contributed by atoms with Gasteiger partial charge in [0.1, 0.15) is 11.5 Å². The van der Waals surface area contributed by atoms with Crippen LogP contribution in [-0.4, -0.2) is 55.1 Å². The molecule has 2 N–H and O–H groups in total. The van der Waals surface area contributed by atoms with E-state index in [1.165, 1.54) is 31.4 Å². The lowest BCUT2D eigenvalue weighted by atomic mass is 10.2. The van der Waals surface area contributed by atoms with Gasteiger partial charge in [0, 0.05) is 25.4 Å². The highest BCUT2D eigenvalue weighted by Crippen LogP contribution is 2.26. The number of aliphatic imine (C=N–C) groups is 1. The van der Waals surface area contributed by atoms with Crippen LogP contribution in [0.2, 0.25) is 0 Å². The fourth-order valence-corrected chi connectivity index (χ4v) is 4.73. The minimum absolute atomic E-state index is 0. The number of nitrogens with one attached hydrogen (secondary N) is 2. The van der Waals surface area contributed by atoms with Crippen LogP contribution in [0.25, 0.3) is 0 Å². The molecule has 3 heterocycles. The molecule has 25 heavy (non-hydrogen) atoms. The van der Waals surface area contributed by atoms with Crippen LogP contribution in [0, 0.1) is 6.92 Å². The van der Waals surface area contributed by atoms with E-state index < -0.39 is 0 Å². The predicted molar refractivity (Wildman–Crippen MR) is 117 cm³/mol. The van der Waals surface area contributed by atoms with Gasteiger partial charge in [0.2, 0.25) is 0 Å². The molecule has 0 aromatic carbocycles. The van der Waals surface area contributed by atoms with Gasteiger partial charge in [0.25, 0.3) is 0 Å². The number of rotatable bonds is 6. The molecule has 3 rings (SSSR count). The second-order valence-corrected chi connectivity index (χ2v) is 8.08. The van der Waals surface area contributed by atoms with E-state index in [2.05, 4.69) is 44.4 Å². The summed E-state index contributed by atoms with van der Waals surface area (Å²) in [4.78, 5) is 6.90. The zero-order chi connectivity index (χ0) is 16.8. The number of hydrogen-bond acceptors (Lipinski definition) is 4. The molecular weight excluding hydrogens is 447 g/mol. The highest BCUT2D eigenvalue weighted by Gasteiger charge is 2.26. The van der Waals surface area contributed by atoms with Crippen molar-refractivity contribution in [1.82, 2.24) is 15.5 Å². The number of halogens is 1. The Bertz CT molecular complexity index is 539. The molecule has 0 spiro atoms. The summed E-state index contributed by atoms with van der Waals surface area (Å²) in [6.07, 6.45) is 5.22. The van der Waals surface area contributed by atoms with Gasteiger partial charge in [-0.15, -0.1) is 24.0 Å². The first-order valence-corrected chi connectivity index (χ1v) is 10.2. The Morgan fingerprint density at radius 2 is 2.12 bits per heavy atom. The van der Waals surface area contributed by atoms with Crippen molar-refractivity contribution in [3.05, 3.63) is 23.7 Å². The van der Waals surface area contributed by atoms with Gasteiger partial charge in [-0.3, -0.25) is 9.89 Å². The number of aryl methyl sites for hydroxylation is 1. The van der Waals surface area contributed by atoms with E-state index in [0.29, 0.717) is 0 Å². The molecule has 7 heteroatoms. The molecule has 1 aromatic heterocycles. The maximum atomic E-state index is 5.92. The summed E-state index contributed by atoms with van der Waals surface area (Å²) in [6.45, 7) is 6.13. The van der Waals surface area contributed by atoms with Crippen molar-refractivity contribution in [1.29, 1.82) is 0 Å². The van der Waals surface area contributed by atoms with Crippen molar-refractivity contribution < 1.29 is 4.42 Å². The molecule has 142 valence electrons. The van der Waals surface area contributed by atoms with Crippen molar-refractivity contribution >= 4 is 41.7 Å². The first-order valence-electron chi connectivity index (χ1n) is 9.13. The van der Waals surface area contributed by atoms with E-state index in [-0.39, 0.29) is 30.0 Å². The molecule has 2 fully saturated rings. The van der Waals surface area contributed by atoms with Gasteiger partial charge in [0.05, 0.1) is 6.04 Å². The van der Waals surface area contributed by atoms with E-state index in [9.17, 15) is 0 Å². The van der Waals surface area contributed by atoms with Gasteiger partial charge in [-0.25, -0.2) is 0 Å². The van der Waals surface area contributed by atoms with Crippen LogP contribution >= 0.6 is 35.7 Å². The topological polar surface area (TPSA) is 52.8 Å². The molecule has 2 saturated heterocycles. The van der Waals surface area contributed by atoms with E-state index >= 15 is 0 Å². The van der Waals surface area contributed by atoms with Crippen molar-refractivity contribution in [2.45, 2.75) is 43.9 Å². The molecule has 0 bridgehead atoms. The number of nitrogens with zero attached hydrogens (tertiary/aromatic N) is 2. The number of furan rings is 1. The molecule has 5 nitrogen and oxygen atoms in total. The smallest absolute Gasteiger partial charge is 0.191 e. The summed E-state index contributed by atoms with van der Waals surface area (Å²) >= 11 is 2.07. The van der Waals surface area contributed by atoms with E-state index in [4.69, 9.17) is 4.42 Å². The molecule has 2 unspecified atom stereocenters. The van der Waals surface area contributed by atoms with Gasteiger partial charge in [-0.05, 0) is 63.6 Å². The van der Waals surface area contributed by atoms with Gasteiger partial charge >= 0.3 is 0 Å². The zero-order valence-electron chi connectivity index (χ0n) is 15.3. The van der Waals surface area contributed by atoms with Crippen LogP contribution in [0.4, 0.5) is 0 Å². The maximum absolute atomic E-state index is 5.92. The molecule has 2 aliphatic rings. The lowest BCUT2D eigenvalue weighted by Gasteiger charge is -2.27. The first-order chi connectivity index (χ1) is 11.8. The normalized spacial score (nSPS) is 22.6. The summed E-state index contributed by atoms with van der Waals surface area (Å²) in [7, 11) is 1.85. The highest BCUT2D eigenvalue weighted by molar-refractivity contribution is 14.0. The fourth-order valence-electron chi connectivity index (χ4n) is 3.53. The van der Waals surface area contributed by atoms with Crippen LogP contribution in [0.3, 0.4) is 0 Å². The molecule has 2 atom stereocenters. The van der Waals surface area contributed by atoms with Crippen molar-refractivity contribution in [2.75, 3.05) is 39.0 Å². The highest BCUT2D eigenvalue weighted by atomic mass is 127. The van der Waals surface area contributed by atoms with Crippen LogP contribution in [0.5, 0.6) is 0 Å². The Labute approximate surface area is 172 Å². The minimum Gasteiger partial charge on any atom is -0.465 e. The van der Waals surface area contributed by atoms with Crippen LogP contribution < -0.4 is 10.6 Å². The lowest BCUT2D eigenvalue weighted by molar-refractivity contribution is 0.213. The third kappa shape index (κ3) is 6.06. The Hall–Kier alpha value is -0.410. The third-order valence-corrected chi connectivity index (χ3v) is 6.28. The first kappa shape index (κ1) is 20.9. The summed E-state index contributed by atoms with van der Waals surface area (Å²) in [6, 6.07) is 4.45. The van der Waals surface area contributed by atoms with Crippen LogP contribution in [0.15, 0.2) is 21.5 Å². The number of thioether (sulfide) groups is 1. The van der Waals surface area contributed by atoms with E-state index in [1.54, 1.807) is 0 Å². The standard InChI is InChI=1S/C18H30N4OS.HI/c1-14-7-8-17(23-14)16(22-9-3-4-10-22)13-21-18(19-2)20-12-15-6-5-11-24-15;/h7-8,15-16H,3-6,9-13H2,1-2H3,(H2,19,20,21);1H. The quantitative estimate of drug-likeness (QED) is 0.373. The Morgan fingerprint density at radius 3 is 2.72 bits per heavy atom. The second-order valence-electron chi connectivity index (χ2n) is 6.68. The SMILES string of the molecule is CN=C(NCC1CCCS1)NCC(c1ccc(C)o1)N1CCCC1.I. The predicted octanol–water partition coefficient (Wildman–Crippen LogP) is 3.40. The maximum Gasteiger partial charge on any atom is 0.191 e. The van der Waals surface area contributed by atoms with Gasteiger partial charge < -0.3 is 15.1 Å². The van der Waals surface area contributed by atoms with E-state index in [0.717, 1.165) is 48.9 Å². The molecule has 0 radical (unpaired) electrons. The minimum atomic E-state index is 0. The zero-order valence-corrected chi connectivity index (χ0v) is 18.4.